The van der Waals surface area contributed by atoms with Gasteiger partial charge in [0.15, 0.2) is 11.6 Å². The summed E-state index contributed by atoms with van der Waals surface area (Å²) in [7, 11) is 1.44. The van der Waals surface area contributed by atoms with Crippen molar-refractivity contribution < 1.29 is 13.9 Å². The summed E-state index contributed by atoms with van der Waals surface area (Å²) in [6.45, 7) is 2.17. The number of methoxy groups -OCH3 is 1. The molecule has 2 rings (SSSR count). The van der Waals surface area contributed by atoms with Crippen LogP contribution in [0.4, 0.5) is 4.39 Å². The Morgan fingerprint density at radius 1 is 1.42 bits per heavy atom. The number of halogens is 1. The van der Waals surface area contributed by atoms with E-state index in [9.17, 15) is 9.18 Å². The van der Waals surface area contributed by atoms with Gasteiger partial charge in [-0.2, -0.15) is 0 Å². The molecule has 1 fully saturated rings. The van der Waals surface area contributed by atoms with Gasteiger partial charge in [0.25, 0.3) is 0 Å². The van der Waals surface area contributed by atoms with Gasteiger partial charge in [-0.3, -0.25) is 4.79 Å². The van der Waals surface area contributed by atoms with Crippen LogP contribution < -0.4 is 4.74 Å². The van der Waals surface area contributed by atoms with E-state index < -0.39 is 5.82 Å². The SMILES string of the molecule is CCC1CCC(C(=O)Cc2cccc(OC)c2F)C1. The molecule has 104 valence electrons. The maximum atomic E-state index is 14.0. The molecule has 0 spiro atoms. The number of carbonyl (C=O) groups is 1. The third kappa shape index (κ3) is 3.14. The molecular weight excluding hydrogens is 243 g/mol. The predicted octanol–water partition coefficient (Wildman–Crippen LogP) is 3.77. The first-order valence-electron chi connectivity index (χ1n) is 6.99. The van der Waals surface area contributed by atoms with Gasteiger partial charge in [0, 0.05) is 12.3 Å². The molecule has 3 heteroatoms. The fourth-order valence-corrected chi connectivity index (χ4v) is 2.92. The van der Waals surface area contributed by atoms with E-state index in [2.05, 4.69) is 6.92 Å². The molecule has 1 aliphatic carbocycles. The van der Waals surface area contributed by atoms with Gasteiger partial charge in [0.2, 0.25) is 0 Å². The molecule has 2 atom stereocenters. The molecule has 0 heterocycles. The van der Waals surface area contributed by atoms with Crippen molar-refractivity contribution in [3.8, 4) is 5.75 Å². The Bertz CT molecular complexity index is 456. The second-order valence-electron chi connectivity index (χ2n) is 5.36. The number of hydrogen-bond acceptors (Lipinski definition) is 2. The number of benzene rings is 1. The number of hydrogen-bond donors (Lipinski definition) is 0. The lowest BCUT2D eigenvalue weighted by Crippen LogP contribution is -2.15. The van der Waals surface area contributed by atoms with Crippen molar-refractivity contribution in [1.29, 1.82) is 0 Å². The minimum absolute atomic E-state index is 0.121. The third-order valence-electron chi connectivity index (χ3n) is 4.20. The Labute approximate surface area is 114 Å². The molecule has 0 amide bonds. The summed E-state index contributed by atoms with van der Waals surface area (Å²) in [5, 5.41) is 0. The number of ketones is 1. The Balaban J connectivity index is 2.03. The summed E-state index contributed by atoms with van der Waals surface area (Å²) in [6, 6.07) is 4.97. The zero-order chi connectivity index (χ0) is 13.8. The summed E-state index contributed by atoms with van der Waals surface area (Å²) in [5.74, 6) is 0.773. The van der Waals surface area contributed by atoms with Crippen molar-refractivity contribution in [3.05, 3.63) is 29.6 Å². The van der Waals surface area contributed by atoms with Crippen molar-refractivity contribution >= 4 is 5.78 Å². The molecule has 19 heavy (non-hydrogen) atoms. The van der Waals surface area contributed by atoms with Crippen LogP contribution in [0, 0.1) is 17.7 Å². The van der Waals surface area contributed by atoms with E-state index in [-0.39, 0.29) is 23.9 Å². The maximum absolute atomic E-state index is 14.0. The first kappa shape index (κ1) is 14.0. The molecule has 0 aliphatic heterocycles. The van der Waals surface area contributed by atoms with Gasteiger partial charge in [-0.1, -0.05) is 25.5 Å². The van der Waals surface area contributed by atoms with E-state index in [0.717, 1.165) is 25.7 Å². The van der Waals surface area contributed by atoms with E-state index in [4.69, 9.17) is 4.74 Å². The second-order valence-corrected chi connectivity index (χ2v) is 5.36. The van der Waals surface area contributed by atoms with Gasteiger partial charge in [0.05, 0.1) is 7.11 Å². The van der Waals surface area contributed by atoms with Crippen LogP contribution in [0.1, 0.15) is 38.2 Å². The highest BCUT2D eigenvalue weighted by Gasteiger charge is 2.29. The van der Waals surface area contributed by atoms with Crippen LogP contribution >= 0.6 is 0 Å². The van der Waals surface area contributed by atoms with Crippen molar-refractivity contribution in [2.45, 2.75) is 39.0 Å². The van der Waals surface area contributed by atoms with Crippen molar-refractivity contribution in [3.63, 3.8) is 0 Å². The van der Waals surface area contributed by atoms with Gasteiger partial charge < -0.3 is 4.74 Å². The predicted molar refractivity (Wildman–Crippen MR) is 72.8 cm³/mol. The molecule has 1 aromatic rings. The van der Waals surface area contributed by atoms with Crippen molar-refractivity contribution in [1.82, 2.24) is 0 Å². The van der Waals surface area contributed by atoms with Gasteiger partial charge in [-0.05, 0) is 36.8 Å². The molecule has 1 aliphatic rings. The van der Waals surface area contributed by atoms with Crippen LogP contribution in [0.15, 0.2) is 18.2 Å². The van der Waals surface area contributed by atoms with Crippen LogP contribution in [0.2, 0.25) is 0 Å². The average molecular weight is 264 g/mol. The van der Waals surface area contributed by atoms with E-state index in [1.54, 1.807) is 18.2 Å². The van der Waals surface area contributed by atoms with Crippen LogP contribution in [0.5, 0.6) is 5.75 Å². The topological polar surface area (TPSA) is 26.3 Å². The number of Topliss-reactive ketones (excluding diaryl/α,β-unsaturated/α-hetero) is 1. The van der Waals surface area contributed by atoms with Gasteiger partial charge >= 0.3 is 0 Å². The minimum atomic E-state index is -0.400. The molecule has 2 nitrogen and oxygen atoms in total. The van der Waals surface area contributed by atoms with Crippen molar-refractivity contribution in [2.75, 3.05) is 7.11 Å². The Morgan fingerprint density at radius 2 is 2.21 bits per heavy atom. The molecule has 1 saturated carbocycles. The molecule has 1 aromatic carbocycles. The van der Waals surface area contributed by atoms with Crippen LogP contribution in [-0.4, -0.2) is 12.9 Å². The molecule has 0 radical (unpaired) electrons. The molecule has 2 unspecified atom stereocenters. The monoisotopic (exact) mass is 264 g/mol. The fourth-order valence-electron chi connectivity index (χ4n) is 2.92. The number of rotatable bonds is 5. The highest BCUT2D eigenvalue weighted by Crippen LogP contribution is 2.34. The molecule has 0 N–H and O–H groups in total. The second kappa shape index (κ2) is 6.18. The average Bonchev–Trinajstić information content (AvgIpc) is 2.90. The van der Waals surface area contributed by atoms with Gasteiger partial charge in [-0.15, -0.1) is 0 Å². The molecule has 0 aromatic heterocycles. The number of ether oxygens (including phenoxy) is 1. The van der Waals surface area contributed by atoms with E-state index in [0.29, 0.717) is 11.5 Å². The highest BCUT2D eigenvalue weighted by atomic mass is 19.1. The summed E-state index contributed by atoms with van der Waals surface area (Å²) >= 11 is 0. The summed E-state index contributed by atoms with van der Waals surface area (Å²) in [4.78, 5) is 12.2. The van der Waals surface area contributed by atoms with Gasteiger partial charge in [-0.25, -0.2) is 4.39 Å². The lowest BCUT2D eigenvalue weighted by Gasteiger charge is -2.11. The zero-order valence-electron chi connectivity index (χ0n) is 11.6. The lowest BCUT2D eigenvalue weighted by molar-refractivity contribution is -0.122. The fraction of sp³-hybridized carbons (Fsp3) is 0.562. The quantitative estimate of drug-likeness (QED) is 0.809. The first-order chi connectivity index (χ1) is 9.15. The smallest absolute Gasteiger partial charge is 0.168 e. The van der Waals surface area contributed by atoms with Crippen LogP contribution in [-0.2, 0) is 11.2 Å². The van der Waals surface area contributed by atoms with E-state index in [1.807, 2.05) is 0 Å². The Kier molecular flexibility index (Phi) is 4.56. The van der Waals surface area contributed by atoms with Crippen molar-refractivity contribution in [2.24, 2.45) is 11.8 Å². The van der Waals surface area contributed by atoms with Crippen LogP contribution in [0.25, 0.3) is 0 Å². The summed E-state index contributed by atoms with van der Waals surface area (Å²) in [6.07, 6.45) is 4.39. The molecule has 0 saturated heterocycles. The minimum Gasteiger partial charge on any atom is -0.494 e. The zero-order valence-corrected chi connectivity index (χ0v) is 11.6. The normalized spacial score (nSPS) is 22.5. The Hall–Kier alpha value is -1.38. The Morgan fingerprint density at radius 3 is 2.84 bits per heavy atom. The number of carbonyl (C=O) groups excluding carboxylic acids is 1. The lowest BCUT2D eigenvalue weighted by atomic mass is 9.94. The maximum Gasteiger partial charge on any atom is 0.168 e. The summed E-state index contributed by atoms with van der Waals surface area (Å²) in [5.41, 5.74) is 0.448. The molecular formula is C16H21FO2. The summed E-state index contributed by atoms with van der Waals surface area (Å²) < 4.78 is 18.9. The van der Waals surface area contributed by atoms with Gasteiger partial charge in [0.1, 0.15) is 5.78 Å². The molecule has 0 bridgehead atoms. The van der Waals surface area contributed by atoms with Crippen LogP contribution in [0.3, 0.4) is 0 Å². The first-order valence-corrected chi connectivity index (χ1v) is 6.99. The largest absolute Gasteiger partial charge is 0.494 e. The third-order valence-corrected chi connectivity index (χ3v) is 4.20. The van der Waals surface area contributed by atoms with E-state index >= 15 is 0 Å². The highest BCUT2D eigenvalue weighted by molar-refractivity contribution is 5.83. The van der Waals surface area contributed by atoms with E-state index in [1.165, 1.54) is 7.11 Å². The standard InChI is InChI=1S/C16H21FO2/c1-3-11-7-8-12(9-11)14(18)10-13-5-4-6-15(19-2)16(13)17/h4-6,11-12H,3,7-10H2,1-2H3.